The van der Waals surface area contributed by atoms with Crippen molar-refractivity contribution in [2.24, 2.45) is 0 Å². The summed E-state index contributed by atoms with van der Waals surface area (Å²) in [6, 6.07) is 0.743. The van der Waals surface area contributed by atoms with E-state index in [4.69, 9.17) is 13.6 Å². The standard InChI is InChI=1S/C13H26O5Si/c1-11(2)13(15)18-9-6-7-12(14)8-10-19(5,16-3)17-4/h12,14H,1,6-10H2,2-5H3. The summed E-state index contributed by atoms with van der Waals surface area (Å²) in [6.07, 6.45) is 1.46. The van der Waals surface area contributed by atoms with Crippen molar-refractivity contribution < 1.29 is 23.5 Å². The van der Waals surface area contributed by atoms with E-state index >= 15 is 0 Å². The lowest BCUT2D eigenvalue weighted by Gasteiger charge is -2.23. The van der Waals surface area contributed by atoms with Gasteiger partial charge in [0.25, 0.3) is 0 Å². The number of carbonyl (C=O) groups excluding carboxylic acids is 1. The second kappa shape index (κ2) is 9.25. The number of hydrogen-bond donors (Lipinski definition) is 1. The Balaban J connectivity index is 3.73. The molecule has 0 spiro atoms. The fourth-order valence-electron chi connectivity index (χ4n) is 1.47. The second-order valence-electron chi connectivity index (χ2n) is 4.79. The first-order valence-corrected chi connectivity index (χ1v) is 8.98. The van der Waals surface area contributed by atoms with Crippen molar-refractivity contribution in [2.75, 3.05) is 20.8 Å². The predicted molar refractivity (Wildman–Crippen MR) is 76.1 cm³/mol. The number of aliphatic hydroxyl groups excluding tert-OH is 1. The van der Waals surface area contributed by atoms with E-state index < -0.39 is 14.7 Å². The minimum Gasteiger partial charge on any atom is -0.462 e. The van der Waals surface area contributed by atoms with Gasteiger partial charge in [0.15, 0.2) is 0 Å². The number of hydrogen-bond acceptors (Lipinski definition) is 5. The Labute approximate surface area is 116 Å². The molecule has 6 heteroatoms. The van der Waals surface area contributed by atoms with Crippen LogP contribution in [-0.2, 0) is 18.4 Å². The molecule has 1 unspecified atom stereocenters. The van der Waals surface area contributed by atoms with Crippen LogP contribution in [0.1, 0.15) is 26.2 Å². The van der Waals surface area contributed by atoms with Gasteiger partial charge in [-0.3, -0.25) is 0 Å². The van der Waals surface area contributed by atoms with Gasteiger partial charge < -0.3 is 18.7 Å². The normalized spacial score (nSPS) is 13.1. The van der Waals surface area contributed by atoms with E-state index in [1.165, 1.54) is 0 Å². The van der Waals surface area contributed by atoms with Crippen molar-refractivity contribution in [1.82, 2.24) is 0 Å². The number of rotatable bonds is 10. The molecule has 0 aliphatic carbocycles. The summed E-state index contributed by atoms with van der Waals surface area (Å²) in [5.41, 5.74) is 0.391. The molecule has 0 fully saturated rings. The van der Waals surface area contributed by atoms with E-state index in [0.29, 0.717) is 31.4 Å². The molecule has 0 bridgehead atoms. The fraction of sp³-hybridized carbons (Fsp3) is 0.769. The van der Waals surface area contributed by atoms with E-state index in [2.05, 4.69) is 6.58 Å². The fourth-order valence-corrected chi connectivity index (χ4v) is 2.90. The summed E-state index contributed by atoms with van der Waals surface area (Å²) < 4.78 is 15.6. The van der Waals surface area contributed by atoms with Crippen molar-refractivity contribution in [2.45, 2.75) is 44.9 Å². The summed E-state index contributed by atoms with van der Waals surface area (Å²) in [7, 11) is 1.18. The third-order valence-electron chi connectivity index (χ3n) is 3.06. The molecule has 0 saturated heterocycles. The molecule has 0 radical (unpaired) electrons. The summed E-state index contributed by atoms with van der Waals surface area (Å²) in [4.78, 5) is 11.1. The molecule has 0 rings (SSSR count). The quantitative estimate of drug-likeness (QED) is 0.288. The number of ether oxygens (including phenoxy) is 1. The van der Waals surface area contributed by atoms with Crippen LogP contribution in [0.25, 0.3) is 0 Å². The van der Waals surface area contributed by atoms with E-state index in [0.717, 1.165) is 6.04 Å². The second-order valence-corrected chi connectivity index (χ2v) is 8.38. The first-order chi connectivity index (χ1) is 8.84. The highest BCUT2D eigenvalue weighted by molar-refractivity contribution is 6.65. The van der Waals surface area contributed by atoms with Crippen LogP contribution >= 0.6 is 0 Å². The van der Waals surface area contributed by atoms with E-state index in [1.54, 1.807) is 21.1 Å². The van der Waals surface area contributed by atoms with Gasteiger partial charge in [-0.25, -0.2) is 4.79 Å². The zero-order valence-corrected chi connectivity index (χ0v) is 13.4. The van der Waals surface area contributed by atoms with E-state index in [9.17, 15) is 9.90 Å². The highest BCUT2D eigenvalue weighted by atomic mass is 28.4. The van der Waals surface area contributed by atoms with Crippen LogP contribution in [0.15, 0.2) is 12.2 Å². The third-order valence-corrected chi connectivity index (χ3v) is 5.98. The van der Waals surface area contributed by atoms with Crippen molar-refractivity contribution in [3.63, 3.8) is 0 Å². The number of esters is 1. The van der Waals surface area contributed by atoms with Gasteiger partial charge in [-0.05, 0) is 38.8 Å². The van der Waals surface area contributed by atoms with Crippen LogP contribution in [0.5, 0.6) is 0 Å². The van der Waals surface area contributed by atoms with E-state index in [1.807, 2.05) is 6.55 Å². The van der Waals surface area contributed by atoms with Crippen LogP contribution in [0, 0.1) is 0 Å². The SMILES string of the molecule is C=C(C)C(=O)OCCCC(O)CC[Si](C)(OC)OC. The number of aliphatic hydroxyl groups is 1. The van der Waals surface area contributed by atoms with Gasteiger partial charge in [0.05, 0.1) is 12.7 Å². The highest BCUT2D eigenvalue weighted by Crippen LogP contribution is 2.17. The molecule has 0 aromatic carbocycles. The van der Waals surface area contributed by atoms with Crippen LogP contribution < -0.4 is 0 Å². The van der Waals surface area contributed by atoms with Gasteiger partial charge in [-0.2, -0.15) is 0 Å². The molecule has 0 aromatic heterocycles. The molecule has 0 aliphatic rings. The van der Waals surface area contributed by atoms with Gasteiger partial charge in [-0.1, -0.05) is 6.58 Å². The van der Waals surface area contributed by atoms with Crippen LogP contribution in [0.3, 0.4) is 0 Å². The Morgan fingerprint density at radius 3 is 2.37 bits per heavy atom. The van der Waals surface area contributed by atoms with Gasteiger partial charge in [0, 0.05) is 19.8 Å². The molecular formula is C13H26O5Si. The molecule has 19 heavy (non-hydrogen) atoms. The summed E-state index contributed by atoms with van der Waals surface area (Å²) >= 11 is 0. The van der Waals surface area contributed by atoms with E-state index in [-0.39, 0.29) is 5.97 Å². The summed E-state index contributed by atoms with van der Waals surface area (Å²) in [6.45, 7) is 7.38. The minimum absolute atomic E-state index is 0.312. The molecule has 1 atom stereocenters. The molecule has 0 saturated carbocycles. The molecule has 0 aromatic rings. The Morgan fingerprint density at radius 2 is 1.89 bits per heavy atom. The zero-order chi connectivity index (χ0) is 14.9. The largest absolute Gasteiger partial charge is 0.462 e. The van der Waals surface area contributed by atoms with Gasteiger partial charge in [-0.15, -0.1) is 0 Å². The molecular weight excluding hydrogens is 264 g/mol. The molecule has 0 amide bonds. The van der Waals surface area contributed by atoms with Crippen molar-refractivity contribution in [1.29, 1.82) is 0 Å². The highest BCUT2D eigenvalue weighted by Gasteiger charge is 2.29. The first-order valence-electron chi connectivity index (χ1n) is 6.45. The van der Waals surface area contributed by atoms with Gasteiger partial charge in [0.2, 0.25) is 0 Å². The van der Waals surface area contributed by atoms with Crippen LogP contribution in [0.4, 0.5) is 0 Å². The van der Waals surface area contributed by atoms with Crippen LogP contribution in [0.2, 0.25) is 12.6 Å². The maximum absolute atomic E-state index is 11.1. The average Bonchev–Trinajstić information content (AvgIpc) is 2.40. The van der Waals surface area contributed by atoms with Crippen molar-refractivity contribution in [3.8, 4) is 0 Å². The van der Waals surface area contributed by atoms with Crippen molar-refractivity contribution in [3.05, 3.63) is 12.2 Å². The molecule has 0 aliphatic heterocycles. The lowest BCUT2D eigenvalue weighted by molar-refractivity contribution is -0.139. The molecule has 1 N–H and O–H groups in total. The maximum Gasteiger partial charge on any atom is 0.334 e. The van der Waals surface area contributed by atoms with Gasteiger partial charge in [0.1, 0.15) is 0 Å². The number of carbonyl (C=O) groups is 1. The average molecular weight is 290 g/mol. The Morgan fingerprint density at radius 1 is 1.32 bits per heavy atom. The first kappa shape index (κ1) is 18.3. The molecule has 112 valence electrons. The Bertz CT molecular complexity index is 289. The topological polar surface area (TPSA) is 65.0 Å². The summed E-state index contributed by atoms with van der Waals surface area (Å²) in [5, 5.41) is 9.83. The third kappa shape index (κ3) is 8.15. The Kier molecular flexibility index (Phi) is 8.91. The Hall–Kier alpha value is -0.693. The monoisotopic (exact) mass is 290 g/mol. The minimum atomic E-state index is -2.10. The lowest BCUT2D eigenvalue weighted by Crippen LogP contribution is -2.36. The zero-order valence-electron chi connectivity index (χ0n) is 12.4. The predicted octanol–water partition coefficient (Wildman–Crippen LogP) is 2.00. The smallest absolute Gasteiger partial charge is 0.334 e. The summed E-state index contributed by atoms with van der Waals surface area (Å²) in [5.74, 6) is -0.381. The van der Waals surface area contributed by atoms with Crippen LogP contribution in [-0.4, -0.2) is 46.6 Å². The molecule has 5 nitrogen and oxygen atoms in total. The lowest BCUT2D eigenvalue weighted by atomic mass is 10.1. The maximum atomic E-state index is 11.1. The molecule has 0 heterocycles. The van der Waals surface area contributed by atoms with Gasteiger partial charge >= 0.3 is 14.5 Å². The van der Waals surface area contributed by atoms with Crippen molar-refractivity contribution >= 4 is 14.5 Å².